The Hall–Kier alpha value is -0.760. The largest absolute Gasteiger partial charge is 0.395 e. The molecule has 1 aliphatic heterocycles. The fourth-order valence-electron chi connectivity index (χ4n) is 0.742. The molecule has 0 unspecified atom stereocenters. The molecule has 0 aliphatic carbocycles. The van der Waals surface area contributed by atoms with Gasteiger partial charge in [0, 0.05) is 19.3 Å². The van der Waals surface area contributed by atoms with Gasteiger partial charge < -0.3 is 10.0 Å². The standard InChI is InChI=1S/C7H10NO/c9-7-6-8-4-2-1-3-5-8/h1-2,5,9H,4,6-7H2. The Kier molecular flexibility index (Phi) is 2.33. The first-order valence-electron chi connectivity index (χ1n) is 3.03. The molecule has 1 radical (unpaired) electrons. The van der Waals surface area contributed by atoms with Gasteiger partial charge in [0.15, 0.2) is 0 Å². The van der Waals surface area contributed by atoms with Crippen LogP contribution in [0.4, 0.5) is 0 Å². The van der Waals surface area contributed by atoms with Crippen molar-refractivity contribution in [3.8, 4) is 0 Å². The van der Waals surface area contributed by atoms with E-state index < -0.39 is 0 Å². The zero-order valence-corrected chi connectivity index (χ0v) is 5.25. The van der Waals surface area contributed by atoms with E-state index in [0.717, 1.165) is 6.54 Å². The molecule has 0 atom stereocenters. The summed E-state index contributed by atoms with van der Waals surface area (Å²) in [6.07, 6.45) is 8.68. The topological polar surface area (TPSA) is 23.5 Å². The van der Waals surface area contributed by atoms with Crippen LogP contribution in [-0.4, -0.2) is 29.7 Å². The summed E-state index contributed by atoms with van der Waals surface area (Å²) in [7, 11) is 0. The van der Waals surface area contributed by atoms with Gasteiger partial charge in [-0.1, -0.05) is 12.2 Å². The molecule has 49 valence electrons. The van der Waals surface area contributed by atoms with E-state index in [1.807, 2.05) is 23.3 Å². The second-order valence-electron chi connectivity index (χ2n) is 1.92. The summed E-state index contributed by atoms with van der Waals surface area (Å²) in [5, 5.41) is 8.50. The zero-order chi connectivity index (χ0) is 6.53. The quantitative estimate of drug-likeness (QED) is 0.567. The van der Waals surface area contributed by atoms with Crippen LogP contribution in [0.3, 0.4) is 0 Å². The maximum absolute atomic E-state index is 8.50. The Labute approximate surface area is 55.1 Å². The van der Waals surface area contributed by atoms with Crippen molar-refractivity contribution in [1.82, 2.24) is 4.90 Å². The normalized spacial score (nSPS) is 16.8. The molecule has 0 aromatic carbocycles. The molecule has 9 heavy (non-hydrogen) atoms. The third-order valence-electron chi connectivity index (χ3n) is 1.20. The molecular formula is C7H10NO. The Morgan fingerprint density at radius 1 is 1.67 bits per heavy atom. The fraction of sp³-hybridized carbons (Fsp3) is 0.429. The van der Waals surface area contributed by atoms with Gasteiger partial charge in [-0.25, -0.2) is 0 Å². The first-order valence-corrected chi connectivity index (χ1v) is 3.03. The Balaban J connectivity index is 2.28. The number of β-amino-alcohol motifs (C(OH)–C–C–N with tert-alkyl or cyclic N) is 1. The molecule has 0 amide bonds. The Morgan fingerprint density at radius 3 is 3.11 bits per heavy atom. The first-order chi connectivity index (χ1) is 4.43. The monoisotopic (exact) mass is 124 g/mol. The number of allylic oxidation sites excluding steroid dienone is 2. The van der Waals surface area contributed by atoms with Gasteiger partial charge in [-0.3, -0.25) is 0 Å². The van der Waals surface area contributed by atoms with E-state index in [1.165, 1.54) is 0 Å². The van der Waals surface area contributed by atoms with Crippen LogP contribution < -0.4 is 0 Å². The number of aliphatic hydroxyl groups excluding tert-OH is 1. The molecule has 2 nitrogen and oxygen atoms in total. The number of nitrogens with zero attached hydrogens (tertiary/aromatic N) is 1. The summed E-state index contributed by atoms with van der Waals surface area (Å²) in [4.78, 5) is 2.00. The van der Waals surface area contributed by atoms with Crippen LogP contribution >= 0.6 is 0 Å². The van der Waals surface area contributed by atoms with Crippen molar-refractivity contribution in [3.05, 3.63) is 24.4 Å². The highest BCUT2D eigenvalue weighted by Gasteiger charge is 1.95. The van der Waals surface area contributed by atoms with Crippen LogP contribution in [0.15, 0.2) is 18.4 Å². The fourth-order valence-corrected chi connectivity index (χ4v) is 0.742. The number of rotatable bonds is 2. The molecule has 0 fully saturated rings. The van der Waals surface area contributed by atoms with Crippen LogP contribution in [0.25, 0.3) is 0 Å². The third-order valence-corrected chi connectivity index (χ3v) is 1.20. The SMILES string of the molecule is OCCN1C=[C]C=CC1. The van der Waals surface area contributed by atoms with Crippen molar-refractivity contribution in [3.63, 3.8) is 0 Å². The lowest BCUT2D eigenvalue weighted by Gasteiger charge is -2.17. The highest BCUT2D eigenvalue weighted by Crippen LogP contribution is 1.95. The van der Waals surface area contributed by atoms with Gasteiger partial charge in [0.2, 0.25) is 0 Å². The number of aliphatic hydroxyl groups is 1. The van der Waals surface area contributed by atoms with Crippen molar-refractivity contribution >= 4 is 0 Å². The second-order valence-corrected chi connectivity index (χ2v) is 1.92. The van der Waals surface area contributed by atoms with Gasteiger partial charge in [0.25, 0.3) is 0 Å². The number of hydrogen-bond acceptors (Lipinski definition) is 2. The van der Waals surface area contributed by atoms with Gasteiger partial charge in [-0.2, -0.15) is 0 Å². The van der Waals surface area contributed by atoms with Crippen LogP contribution in [0.2, 0.25) is 0 Å². The van der Waals surface area contributed by atoms with Crippen LogP contribution in [-0.2, 0) is 0 Å². The van der Waals surface area contributed by atoms with Crippen molar-refractivity contribution < 1.29 is 5.11 Å². The summed E-state index contributed by atoms with van der Waals surface area (Å²) >= 11 is 0. The van der Waals surface area contributed by atoms with Gasteiger partial charge >= 0.3 is 0 Å². The Morgan fingerprint density at radius 2 is 2.56 bits per heavy atom. The van der Waals surface area contributed by atoms with Crippen molar-refractivity contribution in [2.45, 2.75) is 0 Å². The smallest absolute Gasteiger partial charge is 0.0606 e. The number of hydrogen-bond donors (Lipinski definition) is 1. The van der Waals surface area contributed by atoms with E-state index >= 15 is 0 Å². The summed E-state index contributed by atoms with van der Waals surface area (Å²) in [5.41, 5.74) is 0. The summed E-state index contributed by atoms with van der Waals surface area (Å²) in [6, 6.07) is 0. The van der Waals surface area contributed by atoms with Crippen LogP contribution in [0.5, 0.6) is 0 Å². The van der Waals surface area contributed by atoms with E-state index in [2.05, 4.69) is 6.08 Å². The maximum Gasteiger partial charge on any atom is 0.0606 e. The van der Waals surface area contributed by atoms with E-state index in [0.29, 0.717) is 6.54 Å². The average molecular weight is 124 g/mol. The average Bonchev–Trinajstić information content (AvgIpc) is 1.91. The molecule has 1 rings (SSSR count). The first kappa shape index (κ1) is 6.36. The van der Waals surface area contributed by atoms with Gasteiger partial charge in [0.1, 0.15) is 0 Å². The van der Waals surface area contributed by atoms with Crippen LogP contribution in [0, 0.1) is 6.08 Å². The molecule has 0 aromatic heterocycles. The minimum atomic E-state index is 0.214. The molecule has 0 aromatic rings. The molecule has 1 aliphatic rings. The van der Waals surface area contributed by atoms with Crippen LogP contribution in [0.1, 0.15) is 0 Å². The molecule has 0 saturated carbocycles. The van der Waals surface area contributed by atoms with Gasteiger partial charge in [0.05, 0.1) is 6.61 Å². The molecule has 1 N–H and O–H groups in total. The van der Waals surface area contributed by atoms with E-state index in [-0.39, 0.29) is 6.61 Å². The zero-order valence-electron chi connectivity index (χ0n) is 5.25. The predicted molar refractivity (Wildman–Crippen MR) is 35.6 cm³/mol. The lowest BCUT2D eigenvalue weighted by Crippen LogP contribution is -2.22. The minimum absolute atomic E-state index is 0.214. The highest BCUT2D eigenvalue weighted by molar-refractivity contribution is 5.02. The Bertz CT molecular complexity index is 129. The molecule has 0 spiro atoms. The lowest BCUT2D eigenvalue weighted by molar-refractivity contribution is 0.244. The molecule has 1 heterocycles. The van der Waals surface area contributed by atoms with Crippen molar-refractivity contribution in [1.29, 1.82) is 0 Å². The highest BCUT2D eigenvalue weighted by atomic mass is 16.3. The lowest BCUT2D eigenvalue weighted by atomic mass is 10.3. The van der Waals surface area contributed by atoms with Gasteiger partial charge in [-0.05, 0) is 6.08 Å². The maximum atomic E-state index is 8.50. The van der Waals surface area contributed by atoms with E-state index in [4.69, 9.17) is 5.11 Å². The van der Waals surface area contributed by atoms with E-state index in [9.17, 15) is 0 Å². The summed E-state index contributed by atoms with van der Waals surface area (Å²) in [6.45, 7) is 1.82. The van der Waals surface area contributed by atoms with E-state index in [1.54, 1.807) is 0 Å². The second kappa shape index (κ2) is 3.30. The molecule has 0 saturated heterocycles. The van der Waals surface area contributed by atoms with Crippen molar-refractivity contribution in [2.75, 3.05) is 19.7 Å². The molecule has 0 bridgehead atoms. The minimum Gasteiger partial charge on any atom is -0.395 e. The molecule has 2 heteroatoms. The summed E-state index contributed by atoms with van der Waals surface area (Å²) < 4.78 is 0. The molecular weight excluding hydrogens is 114 g/mol. The summed E-state index contributed by atoms with van der Waals surface area (Å²) in [5.74, 6) is 0. The predicted octanol–water partition coefficient (Wildman–Crippen LogP) is 0.167. The third kappa shape index (κ3) is 1.90. The van der Waals surface area contributed by atoms with Gasteiger partial charge in [-0.15, -0.1) is 0 Å². The van der Waals surface area contributed by atoms with Crippen molar-refractivity contribution in [2.24, 2.45) is 0 Å².